The molecule has 0 fully saturated rings. The van der Waals surface area contributed by atoms with Crippen LogP contribution in [0, 0.1) is 0 Å². The van der Waals surface area contributed by atoms with E-state index in [0.717, 1.165) is 55.7 Å². The molecule has 3 aromatic heterocycles. The number of aromatic nitrogens is 3. The van der Waals surface area contributed by atoms with Crippen molar-refractivity contribution in [3.8, 4) is 50.7 Å². The Hall–Kier alpha value is -6.78. The number of hydrogen-bond donors (Lipinski definition) is 0. The van der Waals surface area contributed by atoms with Gasteiger partial charge in [-0.3, -0.25) is 0 Å². The summed E-state index contributed by atoms with van der Waals surface area (Å²) >= 11 is 0. The lowest BCUT2D eigenvalue weighted by Gasteiger charge is -2.10. The Morgan fingerprint density at radius 3 is 1.60 bits per heavy atom. The van der Waals surface area contributed by atoms with Gasteiger partial charge in [-0.2, -0.15) is 0 Å². The minimum Gasteiger partial charge on any atom is -0.456 e. The first-order chi connectivity index (χ1) is 24.8. The molecule has 7 aromatic carbocycles. The van der Waals surface area contributed by atoms with Crippen molar-refractivity contribution in [3.63, 3.8) is 0 Å². The van der Waals surface area contributed by atoms with E-state index in [2.05, 4.69) is 156 Å². The predicted molar refractivity (Wildman–Crippen MR) is 205 cm³/mol. The van der Waals surface area contributed by atoms with Gasteiger partial charge in [0.2, 0.25) is 0 Å². The highest BCUT2D eigenvalue weighted by molar-refractivity contribution is 6.14. The number of nitrogens with zero attached hydrogens (tertiary/aromatic N) is 3. The summed E-state index contributed by atoms with van der Waals surface area (Å²) in [5.41, 5.74) is 12.1. The first kappa shape index (κ1) is 28.3. The zero-order valence-electron chi connectivity index (χ0n) is 27.0. The molecule has 0 aliphatic carbocycles. The van der Waals surface area contributed by atoms with Crippen LogP contribution in [0.5, 0.6) is 0 Å². The van der Waals surface area contributed by atoms with Gasteiger partial charge in [-0.25, -0.2) is 9.97 Å². The molecule has 0 aliphatic heterocycles. The fraction of sp³-hybridized carbons (Fsp3) is 0. The highest BCUT2D eigenvalue weighted by Crippen LogP contribution is 2.40. The van der Waals surface area contributed by atoms with Crippen LogP contribution in [0.25, 0.3) is 94.5 Å². The van der Waals surface area contributed by atoms with E-state index in [1.54, 1.807) is 0 Å². The van der Waals surface area contributed by atoms with Crippen molar-refractivity contribution in [2.24, 2.45) is 0 Å². The van der Waals surface area contributed by atoms with Crippen molar-refractivity contribution in [1.29, 1.82) is 0 Å². The standard InChI is InChI=1S/C46H29N3O/c1-3-12-30(13-4-1)31-22-24-33(25-23-31)39-29-38(32-14-5-2-6-15-32)47-46(48-39)34-26-27-37-44(28-34)50-43-21-11-20-42(45(37)43)49-40-18-9-7-16-35(40)36-17-8-10-19-41(36)49/h1-29H. The van der Waals surface area contributed by atoms with Crippen LogP contribution in [0.15, 0.2) is 180 Å². The molecule has 0 saturated heterocycles. The second-order valence-electron chi connectivity index (χ2n) is 12.6. The third kappa shape index (κ3) is 4.61. The van der Waals surface area contributed by atoms with E-state index >= 15 is 0 Å². The van der Waals surface area contributed by atoms with Crippen LogP contribution in [0.3, 0.4) is 0 Å². The lowest BCUT2D eigenvalue weighted by Crippen LogP contribution is -1.96. The molecule has 0 radical (unpaired) electrons. The Balaban J connectivity index is 1.13. The van der Waals surface area contributed by atoms with Gasteiger partial charge in [0.15, 0.2) is 5.82 Å². The number of para-hydroxylation sites is 2. The van der Waals surface area contributed by atoms with Crippen LogP contribution in [0.2, 0.25) is 0 Å². The summed E-state index contributed by atoms with van der Waals surface area (Å²) in [5.74, 6) is 0.651. The van der Waals surface area contributed by atoms with Crippen molar-refractivity contribution in [1.82, 2.24) is 14.5 Å². The minimum atomic E-state index is 0.651. The third-order valence-electron chi connectivity index (χ3n) is 9.64. The topological polar surface area (TPSA) is 43.9 Å². The second kappa shape index (κ2) is 11.4. The number of fused-ring (bicyclic) bond motifs is 6. The van der Waals surface area contributed by atoms with E-state index in [-0.39, 0.29) is 0 Å². The number of benzene rings is 7. The van der Waals surface area contributed by atoms with Crippen molar-refractivity contribution < 1.29 is 4.42 Å². The van der Waals surface area contributed by atoms with Crippen LogP contribution in [-0.2, 0) is 0 Å². The van der Waals surface area contributed by atoms with Gasteiger partial charge in [-0.15, -0.1) is 0 Å². The summed E-state index contributed by atoms with van der Waals surface area (Å²) in [5, 5.41) is 4.60. The summed E-state index contributed by atoms with van der Waals surface area (Å²) in [4.78, 5) is 10.2. The normalized spacial score (nSPS) is 11.6. The fourth-order valence-electron chi connectivity index (χ4n) is 7.26. The second-order valence-corrected chi connectivity index (χ2v) is 12.6. The van der Waals surface area contributed by atoms with Gasteiger partial charge in [0.05, 0.1) is 33.5 Å². The Labute approximate surface area is 288 Å². The molecule has 3 heterocycles. The summed E-state index contributed by atoms with van der Waals surface area (Å²) < 4.78 is 8.95. The molecule has 0 amide bonds. The maximum atomic E-state index is 6.59. The number of furan rings is 1. The highest BCUT2D eigenvalue weighted by Gasteiger charge is 2.19. The third-order valence-corrected chi connectivity index (χ3v) is 9.64. The van der Waals surface area contributed by atoms with Gasteiger partial charge in [0.25, 0.3) is 0 Å². The van der Waals surface area contributed by atoms with Gasteiger partial charge >= 0.3 is 0 Å². The van der Waals surface area contributed by atoms with Crippen LogP contribution >= 0.6 is 0 Å². The Bertz CT molecular complexity index is 2800. The van der Waals surface area contributed by atoms with E-state index in [4.69, 9.17) is 14.4 Å². The van der Waals surface area contributed by atoms with Crippen molar-refractivity contribution in [2.45, 2.75) is 0 Å². The first-order valence-electron chi connectivity index (χ1n) is 16.8. The molecule has 10 aromatic rings. The molecule has 0 N–H and O–H groups in total. The summed E-state index contributed by atoms with van der Waals surface area (Å²) in [6.07, 6.45) is 0. The maximum absolute atomic E-state index is 6.59. The molecular weight excluding hydrogens is 611 g/mol. The van der Waals surface area contributed by atoms with Gasteiger partial charge in [-0.1, -0.05) is 133 Å². The van der Waals surface area contributed by atoms with E-state index in [1.165, 1.54) is 32.9 Å². The van der Waals surface area contributed by atoms with E-state index in [9.17, 15) is 0 Å². The van der Waals surface area contributed by atoms with Crippen molar-refractivity contribution in [2.75, 3.05) is 0 Å². The lowest BCUT2D eigenvalue weighted by atomic mass is 10.0. The largest absolute Gasteiger partial charge is 0.456 e. The SMILES string of the molecule is c1ccc(-c2ccc(-c3cc(-c4ccccc4)nc(-c4ccc5c(c4)oc4cccc(-n6c7ccccc7c7ccccc76)c45)n3)cc2)cc1. The van der Waals surface area contributed by atoms with Crippen molar-refractivity contribution in [3.05, 3.63) is 176 Å². The molecule has 0 saturated carbocycles. The van der Waals surface area contributed by atoms with E-state index in [0.29, 0.717) is 5.82 Å². The molecule has 50 heavy (non-hydrogen) atoms. The van der Waals surface area contributed by atoms with Crippen LogP contribution < -0.4 is 0 Å². The highest BCUT2D eigenvalue weighted by atomic mass is 16.3. The molecule has 0 aliphatic rings. The Morgan fingerprint density at radius 2 is 0.920 bits per heavy atom. The van der Waals surface area contributed by atoms with Crippen molar-refractivity contribution >= 4 is 43.7 Å². The Morgan fingerprint density at radius 1 is 0.380 bits per heavy atom. The molecular formula is C46H29N3O. The molecule has 0 unspecified atom stereocenters. The number of hydrogen-bond acceptors (Lipinski definition) is 3. The predicted octanol–water partition coefficient (Wildman–Crippen LogP) is 12.1. The molecule has 4 nitrogen and oxygen atoms in total. The average molecular weight is 640 g/mol. The van der Waals surface area contributed by atoms with Crippen LogP contribution in [0.4, 0.5) is 0 Å². The average Bonchev–Trinajstić information content (AvgIpc) is 3.74. The van der Waals surface area contributed by atoms with E-state index < -0.39 is 0 Å². The quantitative estimate of drug-likeness (QED) is 0.188. The van der Waals surface area contributed by atoms with Gasteiger partial charge < -0.3 is 8.98 Å². The minimum absolute atomic E-state index is 0.651. The summed E-state index contributed by atoms with van der Waals surface area (Å²) in [6, 6.07) is 61.3. The number of rotatable bonds is 5. The zero-order valence-corrected chi connectivity index (χ0v) is 27.0. The molecule has 4 heteroatoms. The molecule has 10 rings (SSSR count). The van der Waals surface area contributed by atoms with E-state index in [1.807, 2.05) is 24.3 Å². The molecule has 0 bridgehead atoms. The smallest absolute Gasteiger partial charge is 0.160 e. The maximum Gasteiger partial charge on any atom is 0.160 e. The zero-order chi connectivity index (χ0) is 33.0. The van der Waals surface area contributed by atoms with Gasteiger partial charge in [-0.05, 0) is 53.6 Å². The first-order valence-corrected chi connectivity index (χ1v) is 16.8. The lowest BCUT2D eigenvalue weighted by molar-refractivity contribution is 0.669. The molecule has 234 valence electrons. The van der Waals surface area contributed by atoms with Crippen LogP contribution in [0.1, 0.15) is 0 Å². The summed E-state index contributed by atoms with van der Waals surface area (Å²) in [7, 11) is 0. The monoisotopic (exact) mass is 639 g/mol. The van der Waals surface area contributed by atoms with Crippen LogP contribution in [-0.4, -0.2) is 14.5 Å². The molecule has 0 atom stereocenters. The van der Waals surface area contributed by atoms with Gasteiger partial charge in [0.1, 0.15) is 11.2 Å². The summed E-state index contributed by atoms with van der Waals surface area (Å²) in [6.45, 7) is 0. The fourth-order valence-corrected chi connectivity index (χ4v) is 7.26. The molecule has 0 spiro atoms. The Kier molecular flexibility index (Phi) is 6.46. The van der Waals surface area contributed by atoms with Gasteiger partial charge in [0, 0.05) is 32.8 Å².